The molecule has 0 bridgehead atoms. The lowest BCUT2D eigenvalue weighted by atomic mass is 10.2. The molecule has 2 heterocycles. The number of nitrogens with one attached hydrogen (secondary N) is 3. The molecule has 1 atom stereocenters. The Morgan fingerprint density at radius 3 is 2.76 bits per heavy atom. The monoisotopic (exact) mass is 500 g/mol. The number of anilines is 1. The van der Waals surface area contributed by atoms with E-state index in [-0.39, 0.29) is 11.3 Å². The summed E-state index contributed by atoms with van der Waals surface area (Å²) in [7, 11) is 0. The number of thioether (sulfide) groups is 1. The first-order chi connectivity index (χ1) is 15.7. The maximum Gasteiger partial charge on any atom is 0.491 e. The highest BCUT2D eigenvalue weighted by Gasteiger charge is 2.43. The van der Waals surface area contributed by atoms with Gasteiger partial charge in [-0.3, -0.25) is 4.79 Å². The number of aromatic nitrogens is 2. The molecule has 0 saturated carbocycles. The minimum absolute atomic E-state index is 0.00123. The lowest BCUT2D eigenvalue weighted by Crippen LogP contribution is -2.44. The molecule has 3 rings (SSSR count). The standard InChI is InChI=1S/C20H19F3N4O4S2/c1-32-6-5-14(18(29)31-19(30)20(21,22)23)27-17(28)16-7-12-13(3-2-4-15(12)33-16)25-9-11-8-24-10-26-11/h2-4,7-8,10,14,25H,5-6,9H2,1H3,(H,24,26)(H,27,28)/t14-/m0/s1. The predicted octanol–water partition coefficient (Wildman–Crippen LogP) is 3.72. The van der Waals surface area contributed by atoms with Crippen molar-refractivity contribution in [3.63, 3.8) is 0 Å². The van der Waals surface area contributed by atoms with Gasteiger partial charge in [0, 0.05) is 22.0 Å². The van der Waals surface area contributed by atoms with E-state index in [4.69, 9.17) is 0 Å². The Labute approximate surface area is 194 Å². The fourth-order valence-electron chi connectivity index (χ4n) is 2.83. The van der Waals surface area contributed by atoms with E-state index < -0.39 is 30.1 Å². The molecule has 0 aliphatic heterocycles. The Morgan fingerprint density at radius 2 is 2.09 bits per heavy atom. The number of hydrogen-bond acceptors (Lipinski definition) is 8. The van der Waals surface area contributed by atoms with Crippen LogP contribution in [0.5, 0.6) is 0 Å². The number of H-pyrrole nitrogens is 1. The Balaban J connectivity index is 1.74. The van der Waals surface area contributed by atoms with Crippen molar-refractivity contribution in [2.24, 2.45) is 0 Å². The molecule has 13 heteroatoms. The third-order valence-corrected chi connectivity index (χ3v) is 6.18. The number of nitrogens with zero attached hydrogens (tertiary/aromatic N) is 1. The van der Waals surface area contributed by atoms with Crippen LogP contribution in [0, 0.1) is 0 Å². The van der Waals surface area contributed by atoms with Gasteiger partial charge >= 0.3 is 18.1 Å². The van der Waals surface area contributed by atoms with Gasteiger partial charge in [0.05, 0.1) is 23.4 Å². The van der Waals surface area contributed by atoms with Crippen molar-refractivity contribution in [1.29, 1.82) is 0 Å². The predicted molar refractivity (Wildman–Crippen MR) is 119 cm³/mol. The third kappa shape index (κ3) is 6.48. The molecule has 8 nitrogen and oxygen atoms in total. The van der Waals surface area contributed by atoms with Crippen molar-refractivity contribution in [2.75, 3.05) is 17.3 Å². The Hall–Kier alpha value is -3.06. The smallest absolute Gasteiger partial charge is 0.385 e. The number of ether oxygens (including phenoxy) is 1. The zero-order valence-corrected chi connectivity index (χ0v) is 18.8. The van der Waals surface area contributed by atoms with Gasteiger partial charge in [0.1, 0.15) is 6.04 Å². The number of carbonyl (C=O) groups excluding carboxylic acids is 3. The lowest BCUT2D eigenvalue weighted by molar-refractivity contribution is -0.202. The van der Waals surface area contributed by atoms with Gasteiger partial charge in [-0.15, -0.1) is 11.3 Å². The first-order valence-electron chi connectivity index (χ1n) is 9.55. The summed E-state index contributed by atoms with van der Waals surface area (Å²) in [5, 5.41) is 6.40. The van der Waals surface area contributed by atoms with Crippen molar-refractivity contribution in [3.8, 4) is 0 Å². The van der Waals surface area contributed by atoms with Gasteiger partial charge in [0.25, 0.3) is 5.91 Å². The molecule has 0 aliphatic rings. The highest BCUT2D eigenvalue weighted by atomic mass is 32.2. The van der Waals surface area contributed by atoms with Gasteiger partial charge in [0.2, 0.25) is 0 Å². The first-order valence-corrected chi connectivity index (χ1v) is 11.8. The van der Waals surface area contributed by atoms with E-state index in [1.807, 2.05) is 18.2 Å². The van der Waals surface area contributed by atoms with Crippen LogP contribution in [0.1, 0.15) is 21.8 Å². The van der Waals surface area contributed by atoms with Crippen LogP contribution in [-0.2, 0) is 20.9 Å². The summed E-state index contributed by atoms with van der Waals surface area (Å²) >= 11 is 2.49. The Kier molecular flexibility index (Phi) is 7.97. The van der Waals surface area contributed by atoms with Crippen molar-refractivity contribution in [2.45, 2.75) is 25.2 Å². The Morgan fingerprint density at radius 1 is 1.30 bits per heavy atom. The molecule has 1 amide bonds. The summed E-state index contributed by atoms with van der Waals surface area (Å²) in [5.41, 5.74) is 1.63. The van der Waals surface area contributed by atoms with Gasteiger partial charge in [-0.25, -0.2) is 14.6 Å². The van der Waals surface area contributed by atoms with Crippen LogP contribution in [0.15, 0.2) is 36.8 Å². The number of alkyl halides is 3. The highest BCUT2D eigenvalue weighted by Crippen LogP contribution is 2.31. The summed E-state index contributed by atoms with van der Waals surface area (Å²) in [4.78, 5) is 43.1. The molecular formula is C20H19F3N4O4S2. The number of esters is 2. The van der Waals surface area contributed by atoms with E-state index in [1.165, 1.54) is 11.8 Å². The number of benzene rings is 1. The van der Waals surface area contributed by atoms with Gasteiger partial charge < -0.3 is 20.4 Å². The molecule has 176 valence electrons. The number of hydrogen-bond donors (Lipinski definition) is 3. The minimum atomic E-state index is -5.31. The van der Waals surface area contributed by atoms with E-state index in [0.29, 0.717) is 12.3 Å². The molecular weight excluding hydrogens is 481 g/mol. The van der Waals surface area contributed by atoms with E-state index >= 15 is 0 Å². The van der Waals surface area contributed by atoms with E-state index in [0.717, 1.165) is 32.8 Å². The lowest BCUT2D eigenvalue weighted by Gasteiger charge is -2.16. The van der Waals surface area contributed by atoms with Crippen molar-refractivity contribution in [3.05, 3.63) is 47.4 Å². The first kappa shape index (κ1) is 24.6. The van der Waals surface area contributed by atoms with Crippen LogP contribution in [-0.4, -0.2) is 52.0 Å². The van der Waals surface area contributed by atoms with Crippen LogP contribution in [0.3, 0.4) is 0 Å². The van der Waals surface area contributed by atoms with Crippen LogP contribution < -0.4 is 10.6 Å². The summed E-state index contributed by atoms with van der Waals surface area (Å²) in [6, 6.07) is 5.70. The molecule has 2 aromatic heterocycles. The summed E-state index contributed by atoms with van der Waals surface area (Å²) < 4.78 is 42.0. The maximum absolute atomic E-state index is 12.8. The number of imidazole rings is 1. The summed E-state index contributed by atoms with van der Waals surface area (Å²) in [6.45, 7) is 0.478. The van der Waals surface area contributed by atoms with Crippen LogP contribution in [0.4, 0.5) is 18.9 Å². The number of thiophene rings is 1. The molecule has 0 saturated heterocycles. The van der Waals surface area contributed by atoms with Crippen molar-refractivity contribution >= 4 is 56.7 Å². The number of fused-ring (bicyclic) bond motifs is 1. The SMILES string of the molecule is CSCC[C@H](NC(=O)c1cc2c(NCc3cnc[nH]3)cccc2s1)C(=O)OC(=O)C(F)(F)F. The third-order valence-electron chi connectivity index (χ3n) is 4.43. The average molecular weight is 501 g/mol. The number of carbonyl (C=O) groups is 3. The second-order valence-corrected chi connectivity index (χ2v) is 8.84. The molecule has 0 spiro atoms. The maximum atomic E-state index is 12.8. The largest absolute Gasteiger partial charge is 0.491 e. The minimum Gasteiger partial charge on any atom is -0.385 e. The molecule has 3 aromatic rings. The van der Waals surface area contributed by atoms with E-state index in [9.17, 15) is 27.6 Å². The summed E-state index contributed by atoms with van der Waals surface area (Å²) in [6.07, 6.45) is -0.342. The second kappa shape index (κ2) is 10.7. The number of rotatable bonds is 9. The van der Waals surface area contributed by atoms with Gasteiger partial charge in [-0.2, -0.15) is 24.9 Å². The number of halogens is 3. The zero-order chi connectivity index (χ0) is 24.0. The Bertz CT molecular complexity index is 1130. The topological polar surface area (TPSA) is 113 Å². The summed E-state index contributed by atoms with van der Waals surface area (Å²) in [5.74, 6) is -4.37. The van der Waals surface area contributed by atoms with Gasteiger partial charge in [-0.05, 0) is 36.6 Å². The number of aromatic amines is 1. The van der Waals surface area contributed by atoms with Crippen LogP contribution in [0.2, 0.25) is 0 Å². The highest BCUT2D eigenvalue weighted by molar-refractivity contribution is 7.98. The van der Waals surface area contributed by atoms with Crippen LogP contribution in [0.25, 0.3) is 10.1 Å². The molecule has 3 N–H and O–H groups in total. The molecule has 0 aliphatic carbocycles. The quantitative estimate of drug-likeness (QED) is 0.303. The molecule has 33 heavy (non-hydrogen) atoms. The van der Waals surface area contributed by atoms with Crippen molar-refractivity contribution < 1.29 is 32.3 Å². The molecule has 0 unspecified atom stereocenters. The zero-order valence-electron chi connectivity index (χ0n) is 17.2. The second-order valence-electron chi connectivity index (χ2n) is 6.77. The fraction of sp³-hybridized carbons (Fsp3) is 0.300. The van der Waals surface area contributed by atoms with Gasteiger partial charge in [-0.1, -0.05) is 6.07 Å². The van der Waals surface area contributed by atoms with E-state index in [1.54, 1.807) is 24.8 Å². The number of amides is 1. The van der Waals surface area contributed by atoms with Gasteiger partial charge in [0.15, 0.2) is 0 Å². The van der Waals surface area contributed by atoms with Crippen molar-refractivity contribution in [1.82, 2.24) is 15.3 Å². The normalized spacial score (nSPS) is 12.4. The van der Waals surface area contributed by atoms with E-state index in [2.05, 4.69) is 25.3 Å². The molecule has 0 fully saturated rings. The molecule has 0 radical (unpaired) electrons. The fourth-order valence-corrected chi connectivity index (χ4v) is 4.30. The van der Waals surface area contributed by atoms with Crippen LogP contribution >= 0.6 is 23.1 Å². The average Bonchev–Trinajstić information content (AvgIpc) is 3.44. The molecule has 1 aromatic carbocycles.